The number of nitrogens with two attached hydrogens (primary N) is 1. The standard InChI is InChI=1S/C25H29N3O/c26-21-14-16-23(17-15-21)29-24-18-22(13-7-10-19-8-3-1-4-9-19)27-25(28-24)20-11-5-2-6-12-20/h1,3-4,8-9,14-18,20H,2,5-7,10-13,26H2. The van der Waals surface area contributed by atoms with Gasteiger partial charge in [-0.15, -0.1) is 0 Å². The van der Waals surface area contributed by atoms with Gasteiger partial charge in [0, 0.05) is 23.4 Å². The van der Waals surface area contributed by atoms with E-state index in [1.165, 1.54) is 37.7 Å². The Morgan fingerprint density at radius 2 is 1.62 bits per heavy atom. The Morgan fingerprint density at radius 3 is 2.38 bits per heavy atom. The van der Waals surface area contributed by atoms with Crippen LogP contribution >= 0.6 is 0 Å². The van der Waals surface area contributed by atoms with Gasteiger partial charge in [0.15, 0.2) is 0 Å². The van der Waals surface area contributed by atoms with Gasteiger partial charge in [0.2, 0.25) is 5.88 Å². The Kier molecular flexibility index (Phi) is 6.40. The highest BCUT2D eigenvalue weighted by Gasteiger charge is 2.20. The number of anilines is 1. The number of nitrogens with zero attached hydrogens (tertiary/aromatic N) is 2. The molecular weight excluding hydrogens is 358 g/mol. The van der Waals surface area contributed by atoms with Crippen LogP contribution < -0.4 is 10.5 Å². The van der Waals surface area contributed by atoms with E-state index < -0.39 is 0 Å². The van der Waals surface area contributed by atoms with Crippen LogP contribution in [0.25, 0.3) is 0 Å². The zero-order valence-corrected chi connectivity index (χ0v) is 16.9. The number of ether oxygens (including phenoxy) is 1. The van der Waals surface area contributed by atoms with Gasteiger partial charge in [0.05, 0.1) is 0 Å². The van der Waals surface area contributed by atoms with E-state index in [1.54, 1.807) is 0 Å². The number of aromatic nitrogens is 2. The van der Waals surface area contributed by atoms with E-state index in [9.17, 15) is 0 Å². The second kappa shape index (κ2) is 9.55. The molecule has 4 heteroatoms. The molecule has 0 unspecified atom stereocenters. The lowest BCUT2D eigenvalue weighted by Crippen LogP contribution is -2.11. The highest BCUT2D eigenvalue weighted by atomic mass is 16.5. The molecule has 1 saturated carbocycles. The molecule has 1 heterocycles. The quantitative estimate of drug-likeness (QED) is 0.500. The molecule has 1 aromatic heterocycles. The molecule has 0 atom stereocenters. The van der Waals surface area contributed by atoms with Gasteiger partial charge in [-0.25, -0.2) is 4.98 Å². The molecule has 4 rings (SSSR count). The van der Waals surface area contributed by atoms with Crippen molar-refractivity contribution in [3.63, 3.8) is 0 Å². The topological polar surface area (TPSA) is 61.0 Å². The van der Waals surface area contributed by atoms with Crippen molar-refractivity contribution in [1.82, 2.24) is 9.97 Å². The molecule has 29 heavy (non-hydrogen) atoms. The first-order valence-electron chi connectivity index (χ1n) is 10.7. The summed E-state index contributed by atoms with van der Waals surface area (Å²) in [5.74, 6) is 2.79. The van der Waals surface area contributed by atoms with Crippen LogP contribution in [0.15, 0.2) is 60.7 Å². The summed E-state index contributed by atoms with van der Waals surface area (Å²) in [5, 5.41) is 0. The Balaban J connectivity index is 1.51. The van der Waals surface area contributed by atoms with Gasteiger partial charge >= 0.3 is 0 Å². The van der Waals surface area contributed by atoms with Crippen LogP contribution in [0.2, 0.25) is 0 Å². The smallest absolute Gasteiger partial charge is 0.222 e. The number of benzene rings is 2. The van der Waals surface area contributed by atoms with Crippen molar-refractivity contribution in [2.24, 2.45) is 0 Å². The fourth-order valence-electron chi connectivity index (χ4n) is 3.99. The van der Waals surface area contributed by atoms with Crippen molar-refractivity contribution >= 4 is 5.69 Å². The third-order valence-corrected chi connectivity index (χ3v) is 5.59. The molecule has 3 aromatic rings. The third kappa shape index (κ3) is 5.57. The maximum absolute atomic E-state index is 6.06. The van der Waals surface area contributed by atoms with Crippen LogP contribution in [0.1, 0.15) is 61.5 Å². The molecule has 1 aliphatic rings. The van der Waals surface area contributed by atoms with Gasteiger partial charge < -0.3 is 10.5 Å². The van der Waals surface area contributed by atoms with Gasteiger partial charge in [-0.2, -0.15) is 4.98 Å². The van der Waals surface area contributed by atoms with Crippen molar-refractivity contribution < 1.29 is 4.74 Å². The fraction of sp³-hybridized carbons (Fsp3) is 0.360. The molecule has 0 radical (unpaired) electrons. The van der Waals surface area contributed by atoms with E-state index in [-0.39, 0.29) is 0 Å². The van der Waals surface area contributed by atoms with E-state index in [4.69, 9.17) is 20.4 Å². The minimum absolute atomic E-state index is 0.451. The van der Waals surface area contributed by atoms with Gasteiger partial charge in [0.1, 0.15) is 11.6 Å². The summed E-state index contributed by atoms with van der Waals surface area (Å²) in [5.41, 5.74) is 8.95. The lowest BCUT2D eigenvalue weighted by Gasteiger charge is -2.21. The average molecular weight is 388 g/mol. The lowest BCUT2D eigenvalue weighted by atomic mass is 9.88. The van der Waals surface area contributed by atoms with Gasteiger partial charge in [0.25, 0.3) is 0 Å². The maximum Gasteiger partial charge on any atom is 0.222 e. The zero-order chi connectivity index (χ0) is 19.9. The van der Waals surface area contributed by atoms with Crippen LogP contribution in [-0.2, 0) is 12.8 Å². The molecule has 2 N–H and O–H groups in total. The molecule has 0 aliphatic heterocycles. The fourth-order valence-corrected chi connectivity index (χ4v) is 3.99. The molecule has 1 fully saturated rings. The zero-order valence-electron chi connectivity index (χ0n) is 16.9. The number of rotatable bonds is 7. The van der Waals surface area contributed by atoms with Crippen LogP contribution in [0.5, 0.6) is 11.6 Å². The molecule has 0 bridgehead atoms. The van der Waals surface area contributed by atoms with E-state index in [0.29, 0.717) is 11.8 Å². The van der Waals surface area contributed by atoms with Crippen molar-refractivity contribution in [2.45, 2.75) is 57.3 Å². The summed E-state index contributed by atoms with van der Waals surface area (Å²) in [6, 6.07) is 20.1. The lowest BCUT2D eigenvalue weighted by molar-refractivity contribution is 0.412. The van der Waals surface area contributed by atoms with Crippen molar-refractivity contribution in [3.05, 3.63) is 77.7 Å². The van der Waals surface area contributed by atoms with Crippen LogP contribution in [0.3, 0.4) is 0 Å². The highest BCUT2D eigenvalue weighted by Crippen LogP contribution is 2.32. The first-order valence-corrected chi connectivity index (χ1v) is 10.7. The molecular formula is C25H29N3O. The van der Waals surface area contributed by atoms with E-state index >= 15 is 0 Å². The highest BCUT2D eigenvalue weighted by molar-refractivity contribution is 5.42. The van der Waals surface area contributed by atoms with Gasteiger partial charge in [-0.1, -0.05) is 49.6 Å². The SMILES string of the molecule is Nc1ccc(Oc2cc(CCCc3ccccc3)nc(C3CCCCC3)n2)cc1. The molecule has 1 aliphatic carbocycles. The molecule has 0 saturated heterocycles. The Labute approximate surface area is 173 Å². The van der Waals surface area contributed by atoms with E-state index in [1.807, 2.05) is 30.3 Å². The second-order valence-corrected chi connectivity index (χ2v) is 7.90. The Morgan fingerprint density at radius 1 is 0.862 bits per heavy atom. The number of hydrogen-bond acceptors (Lipinski definition) is 4. The Hall–Kier alpha value is -2.88. The van der Waals surface area contributed by atoms with Crippen LogP contribution in [-0.4, -0.2) is 9.97 Å². The Bertz CT molecular complexity index is 903. The minimum atomic E-state index is 0.451. The van der Waals surface area contributed by atoms with Gasteiger partial charge in [-0.3, -0.25) is 0 Å². The normalized spacial score (nSPS) is 14.6. The summed E-state index contributed by atoms with van der Waals surface area (Å²) in [7, 11) is 0. The van der Waals surface area contributed by atoms with Crippen LogP contribution in [0.4, 0.5) is 5.69 Å². The first kappa shape index (κ1) is 19.4. The monoisotopic (exact) mass is 387 g/mol. The van der Waals surface area contributed by atoms with Gasteiger partial charge in [-0.05, 0) is 61.9 Å². The molecule has 0 spiro atoms. The van der Waals surface area contributed by atoms with E-state index in [0.717, 1.165) is 42.2 Å². The molecule has 2 aromatic carbocycles. The second-order valence-electron chi connectivity index (χ2n) is 7.90. The molecule has 4 nitrogen and oxygen atoms in total. The number of hydrogen-bond donors (Lipinski definition) is 1. The first-order chi connectivity index (χ1) is 14.3. The predicted molar refractivity (Wildman–Crippen MR) is 117 cm³/mol. The largest absolute Gasteiger partial charge is 0.439 e. The van der Waals surface area contributed by atoms with Crippen molar-refractivity contribution in [3.8, 4) is 11.6 Å². The summed E-state index contributed by atoms with van der Waals surface area (Å²) in [6.45, 7) is 0. The summed E-state index contributed by atoms with van der Waals surface area (Å²) >= 11 is 0. The van der Waals surface area contributed by atoms with Crippen molar-refractivity contribution in [2.75, 3.05) is 5.73 Å². The number of aryl methyl sites for hydroxylation is 2. The number of nitrogen functional groups attached to an aromatic ring is 1. The van der Waals surface area contributed by atoms with E-state index in [2.05, 4.69) is 30.3 Å². The third-order valence-electron chi connectivity index (χ3n) is 5.59. The summed E-state index contributed by atoms with van der Waals surface area (Å²) in [4.78, 5) is 9.71. The van der Waals surface area contributed by atoms with Crippen molar-refractivity contribution in [1.29, 1.82) is 0 Å². The maximum atomic E-state index is 6.06. The van der Waals surface area contributed by atoms with Crippen LogP contribution in [0, 0.1) is 0 Å². The summed E-state index contributed by atoms with van der Waals surface area (Å²) in [6.07, 6.45) is 9.24. The molecule has 150 valence electrons. The summed E-state index contributed by atoms with van der Waals surface area (Å²) < 4.78 is 6.06. The minimum Gasteiger partial charge on any atom is -0.439 e. The molecule has 0 amide bonds. The average Bonchev–Trinajstić information content (AvgIpc) is 2.77. The predicted octanol–water partition coefficient (Wildman–Crippen LogP) is 6.07.